The Bertz CT molecular complexity index is 815. The molecule has 0 bridgehead atoms. The molecule has 26 heavy (non-hydrogen) atoms. The topological polar surface area (TPSA) is 89.9 Å². The third-order valence-corrected chi connectivity index (χ3v) is 3.23. The summed E-state index contributed by atoms with van der Waals surface area (Å²) in [6.45, 7) is 2.57. The Morgan fingerprint density at radius 3 is 1.81 bits per heavy atom. The molecule has 0 aromatic heterocycles. The largest absolute Gasteiger partial charge is 0.481 e. The molecule has 0 saturated carbocycles. The van der Waals surface area contributed by atoms with E-state index in [1.54, 1.807) is 42.5 Å². The molecule has 0 aliphatic rings. The molecule has 0 fully saturated rings. The normalized spacial score (nSPS) is 10.5. The van der Waals surface area contributed by atoms with E-state index in [0.29, 0.717) is 11.1 Å². The molecule has 0 radical (unpaired) electrons. The number of carboxylic acids is 1. The van der Waals surface area contributed by atoms with Gasteiger partial charge in [-0.25, -0.2) is 0 Å². The summed E-state index contributed by atoms with van der Waals surface area (Å²) in [5, 5.41) is 8.78. The second kappa shape index (κ2) is 8.62. The molecule has 6 nitrogen and oxygen atoms in total. The average molecular weight is 354 g/mol. The summed E-state index contributed by atoms with van der Waals surface area (Å²) in [6, 6.07) is 11.8. The van der Waals surface area contributed by atoms with Crippen molar-refractivity contribution in [2.75, 3.05) is 0 Å². The standard InChI is InChI=1S/C20H18O6/c1-13(21)25-18-9-17(10-19(12-18)26-14(2)22)8-5-15-3-6-16(7-4-15)11-20(23)24/h3-10,12H,11H2,1-2H3,(H,23,24)/b8-5+. The highest BCUT2D eigenvalue weighted by molar-refractivity contribution is 5.75. The van der Waals surface area contributed by atoms with E-state index in [1.165, 1.54) is 19.9 Å². The Balaban J connectivity index is 2.23. The highest BCUT2D eigenvalue weighted by Gasteiger charge is 2.06. The predicted octanol–water partition coefficient (Wildman–Crippen LogP) is 3.33. The van der Waals surface area contributed by atoms with E-state index >= 15 is 0 Å². The Morgan fingerprint density at radius 1 is 0.846 bits per heavy atom. The quantitative estimate of drug-likeness (QED) is 0.486. The van der Waals surface area contributed by atoms with Crippen molar-refractivity contribution in [3.8, 4) is 11.5 Å². The average Bonchev–Trinajstić information content (AvgIpc) is 2.52. The van der Waals surface area contributed by atoms with Gasteiger partial charge in [0.1, 0.15) is 11.5 Å². The van der Waals surface area contributed by atoms with Gasteiger partial charge in [0.05, 0.1) is 6.42 Å². The van der Waals surface area contributed by atoms with Crippen LogP contribution in [0.15, 0.2) is 42.5 Å². The first-order valence-electron chi connectivity index (χ1n) is 7.82. The number of hydrogen-bond acceptors (Lipinski definition) is 5. The summed E-state index contributed by atoms with van der Waals surface area (Å²) in [5.41, 5.74) is 2.25. The fraction of sp³-hybridized carbons (Fsp3) is 0.150. The summed E-state index contributed by atoms with van der Waals surface area (Å²) in [4.78, 5) is 33.0. The van der Waals surface area contributed by atoms with Gasteiger partial charge in [0, 0.05) is 19.9 Å². The van der Waals surface area contributed by atoms with Crippen LogP contribution in [0.3, 0.4) is 0 Å². The van der Waals surface area contributed by atoms with Gasteiger partial charge < -0.3 is 14.6 Å². The molecule has 0 amide bonds. The molecule has 0 heterocycles. The maximum absolute atomic E-state index is 11.2. The van der Waals surface area contributed by atoms with Crippen LogP contribution in [0.4, 0.5) is 0 Å². The third kappa shape index (κ3) is 6.24. The second-order valence-electron chi connectivity index (χ2n) is 5.57. The van der Waals surface area contributed by atoms with Crippen molar-refractivity contribution in [1.82, 2.24) is 0 Å². The highest BCUT2D eigenvalue weighted by Crippen LogP contribution is 2.25. The van der Waals surface area contributed by atoms with Crippen LogP contribution in [0.25, 0.3) is 12.2 Å². The zero-order chi connectivity index (χ0) is 19.1. The van der Waals surface area contributed by atoms with Crippen LogP contribution in [0.5, 0.6) is 11.5 Å². The first-order chi connectivity index (χ1) is 12.3. The Kier molecular flexibility index (Phi) is 6.27. The molecule has 0 unspecified atom stereocenters. The van der Waals surface area contributed by atoms with Gasteiger partial charge in [-0.15, -0.1) is 0 Å². The van der Waals surface area contributed by atoms with Gasteiger partial charge in [-0.3, -0.25) is 14.4 Å². The second-order valence-corrected chi connectivity index (χ2v) is 5.57. The molecule has 6 heteroatoms. The number of aliphatic carboxylic acids is 1. The van der Waals surface area contributed by atoms with Crippen molar-refractivity contribution in [2.24, 2.45) is 0 Å². The molecule has 0 saturated heterocycles. The number of benzene rings is 2. The number of carbonyl (C=O) groups excluding carboxylic acids is 2. The maximum Gasteiger partial charge on any atom is 0.308 e. The van der Waals surface area contributed by atoms with E-state index in [0.717, 1.165) is 5.56 Å². The first-order valence-corrected chi connectivity index (χ1v) is 7.82. The zero-order valence-corrected chi connectivity index (χ0v) is 14.4. The van der Waals surface area contributed by atoms with Gasteiger partial charge in [-0.1, -0.05) is 36.4 Å². The Labute approximate surface area is 150 Å². The molecular formula is C20H18O6. The molecule has 2 aromatic carbocycles. The molecule has 134 valence electrons. The smallest absolute Gasteiger partial charge is 0.308 e. The highest BCUT2D eigenvalue weighted by atomic mass is 16.5. The van der Waals surface area contributed by atoms with E-state index in [-0.39, 0.29) is 17.9 Å². The molecule has 2 aromatic rings. The lowest BCUT2D eigenvalue weighted by Gasteiger charge is -2.07. The molecule has 1 N–H and O–H groups in total. The SMILES string of the molecule is CC(=O)Oc1cc(/C=C/c2ccc(CC(=O)O)cc2)cc(OC(C)=O)c1. The van der Waals surface area contributed by atoms with Crippen LogP contribution in [-0.2, 0) is 20.8 Å². The number of ether oxygens (including phenoxy) is 2. The van der Waals surface area contributed by atoms with Crippen LogP contribution in [0.2, 0.25) is 0 Å². The van der Waals surface area contributed by atoms with Crippen LogP contribution < -0.4 is 9.47 Å². The molecule has 2 rings (SSSR count). The first kappa shape index (κ1) is 18.9. The van der Waals surface area contributed by atoms with E-state index in [2.05, 4.69) is 0 Å². The van der Waals surface area contributed by atoms with E-state index in [9.17, 15) is 14.4 Å². The minimum atomic E-state index is -0.881. The monoisotopic (exact) mass is 354 g/mol. The van der Waals surface area contributed by atoms with Crippen LogP contribution in [-0.4, -0.2) is 23.0 Å². The predicted molar refractivity (Wildman–Crippen MR) is 95.8 cm³/mol. The number of esters is 2. The molecule has 0 aliphatic carbocycles. The fourth-order valence-corrected chi connectivity index (χ4v) is 2.25. The van der Waals surface area contributed by atoms with Crippen molar-refractivity contribution in [1.29, 1.82) is 0 Å². The molecule has 0 atom stereocenters. The summed E-state index contributed by atoms with van der Waals surface area (Å²) >= 11 is 0. The van der Waals surface area contributed by atoms with E-state index in [4.69, 9.17) is 14.6 Å². The molecule has 0 aliphatic heterocycles. The minimum absolute atomic E-state index is 0.0276. The molecule has 0 spiro atoms. The third-order valence-electron chi connectivity index (χ3n) is 3.23. The van der Waals surface area contributed by atoms with Crippen molar-refractivity contribution in [2.45, 2.75) is 20.3 Å². The Hall–Kier alpha value is -3.41. The number of hydrogen-bond donors (Lipinski definition) is 1. The van der Waals surface area contributed by atoms with Crippen molar-refractivity contribution in [3.05, 3.63) is 59.2 Å². The summed E-state index contributed by atoms with van der Waals surface area (Å²) in [7, 11) is 0. The lowest BCUT2D eigenvalue weighted by Crippen LogP contribution is -2.04. The van der Waals surface area contributed by atoms with Gasteiger partial charge in [0.25, 0.3) is 0 Å². The van der Waals surface area contributed by atoms with Gasteiger partial charge in [-0.05, 0) is 28.8 Å². The summed E-state index contributed by atoms with van der Waals surface area (Å²) in [5.74, 6) is -1.29. The lowest BCUT2D eigenvalue weighted by atomic mass is 10.1. The Morgan fingerprint density at radius 2 is 1.35 bits per heavy atom. The van der Waals surface area contributed by atoms with Crippen molar-refractivity contribution < 1.29 is 29.0 Å². The maximum atomic E-state index is 11.2. The fourth-order valence-electron chi connectivity index (χ4n) is 2.25. The van der Waals surface area contributed by atoms with Crippen molar-refractivity contribution >= 4 is 30.1 Å². The lowest BCUT2D eigenvalue weighted by molar-refractivity contribution is -0.136. The van der Waals surface area contributed by atoms with Gasteiger partial charge in [-0.2, -0.15) is 0 Å². The summed E-state index contributed by atoms with van der Waals surface area (Å²) in [6.07, 6.45) is 3.56. The van der Waals surface area contributed by atoms with Crippen LogP contribution in [0.1, 0.15) is 30.5 Å². The molecular weight excluding hydrogens is 336 g/mol. The number of rotatable bonds is 6. The number of carbonyl (C=O) groups is 3. The van der Waals surface area contributed by atoms with E-state index in [1.807, 2.05) is 6.08 Å². The number of carboxylic acid groups (broad SMARTS) is 1. The van der Waals surface area contributed by atoms with E-state index < -0.39 is 17.9 Å². The van der Waals surface area contributed by atoms with Crippen LogP contribution in [0, 0.1) is 0 Å². The van der Waals surface area contributed by atoms with Crippen molar-refractivity contribution in [3.63, 3.8) is 0 Å². The zero-order valence-electron chi connectivity index (χ0n) is 14.4. The van der Waals surface area contributed by atoms with Crippen LogP contribution >= 0.6 is 0 Å². The minimum Gasteiger partial charge on any atom is -0.481 e. The summed E-state index contributed by atoms with van der Waals surface area (Å²) < 4.78 is 10.1. The van der Waals surface area contributed by atoms with Gasteiger partial charge in [0.15, 0.2) is 0 Å². The van der Waals surface area contributed by atoms with Gasteiger partial charge >= 0.3 is 17.9 Å². The van der Waals surface area contributed by atoms with Gasteiger partial charge in [0.2, 0.25) is 0 Å².